The normalized spacial score (nSPS) is 13.9. The fourth-order valence-corrected chi connectivity index (χ4v) is 1.75. The van der Waals surface area contributed by atoms with E-state index in [1.807, 2.05) is 0 Å². The average Bonchev–Trinajstić information content (AvgIpc) is 2.26. The Morgan fingerprint density at radius 1 is 1.56 bits per heavy atom. The second kappa shape index (κ2) is 3.79. The van der Waals surface area contributed by atoms with Crippen LogP contribution >= 0.6 is 0 Å². The molecule has 0 saturated heterocycles. The van der Waals surface area contributed by atoms with E-state index in [1.165, 1.54) is 0 Å². The molecule has 1 aromatic heterocycles. The molecule has 82 valence electrons. The molecule has 0 radical (unpaired) electrons. The van der Waals surface area contributed by atoms with Crippen molar-refractivity contribution < 1.29 is 14.6 Å². The van der Waals surface area contributed by atoms with Gasteiger partial charge in [-0.1, -0.05) is 0 Å². The van der Waals surface area contributed by atoms with E-state index in [0.717, 1.165) is 0 Å². The highest BCUT2D eigenvalue weighted by Gasteiger charge is 2.24. The number of aromatic nitrogens is 1. The lowest BCUT2D eigenvalue weighted by molar-refractivity contribution is 0.0680. The van der Waals surface area contributed by atoms with Crippen molar-refractivity contribution in [3.8, 4) is 6.07 Å². The third-order valence-corrected chi connectivity index (χ3v) is 2.48. The molecule has 2 rings (SSSR count). The number of hydrogen-bond acceptors (Lipinski definition) is 4. The molecule has 1 aliphatic rings. The van der Waals surface area contributed by atoms with E-state index in [0.29, 0.717) is 24.3 Å². The van der Waals surface area contributed by atoms with E-state index in [-0.39, 0.29) is 17.7 Å². The van der Waals surface area contributed by atoms with E-state index in [2.05, 4.69) is 4.98 Å². The number of nitrogens with zero attached hydrogens (tertiary/aromatic N) is 1. The van der Waals surface area contributed by atoms with Crippen molar-refractivity contribution in [3.63, 3.8) is 0 Å². The molecule has 0 saturated carbocycles. The van der Waals surface area contributed by atoms with Gasteiger partial charge in [0, 0.05) is 17.7 Å². The van der Waals surface area contributed by atoms with Crippen LogP contribution in [0, 0.1) is 11.3 Å². The van der Waals surface area contributed by atoms with Gasteiger partial charge < -0.3 is 14.8 Å². The first-order chi connectivity index (χ1) is 7.65. The molecule has 0 aliphatic carbocycles. The van der Waals surface area contributed by atoms with E-state index >= 15 is 0 Å². The minimum atomic E-state index is -1.27. The highest BCUT2D eigenvalue weighted by atomic mass is 16.5. The summed E-state index contributed by atoms with van der Waals surface area (Å²) in [7, 11) is 0. The third-order valence-electron chi connectivity index (χ3n) is 2.48. The maximum Gasteiger partial charge on any atom is 0.337 e. The molecule has 0 unspecified atom stereocenters. The number of nitriles is 1. The van der Waals surface area contributed by atoms with Gasteiger partial charge in [-0.05, 0) is 0 Å². The van der Waals surface area contributed by atoms with Crippen LogP contribution in [-0.2, 0) is 17.8 Å². The van der Waals surface area contributed by atoms with Gasteiger partial charge in [-0.15, -0.1) is 0 Å². The zero-order valence-corrected chi connectivity index (χ0v) is 8.24. The SMILES string of the molecule is N#Cc1c(C(=O)O)c2c([nH]c1=O)CCOC2. The minimum absolute atomic E-state index is 0.114. The van der Waals surface area contributed by atoms with Crippen LogP contribution in [0.3, 0.4) is 0 Å². The van der Waals surface area contributed by atoms with Crippen molar-refractivity contribution in [2.75, 3.05) is 6.61 Å². The highest BCUT2D eigenvalue weighted by Crippen LogP contribution is 2.19. The van der Waals surface area contributed by atoms with Crippen LogP contribution in [0.5, 0.6) is 0 Å². The van der Waals surface area contributed by atoms with Crippen molar-refractivity contribution >= 4 is 5.97 Å². The van der Waals surface area contributed by atoms with Crippen LogP contribution < -0.4 is 5.56 Å². The summed E-state index contributed by atoms with van der Waals surface area (Å²) >= 11 is 0. The van der Waals surface area contributed by atoms with Crippen molar-refractivity contribution in [2.24, 2.45) is 0 Å². The molecule has 1 aliphatic heterocycles. The Morgan fingerprint density at radius 2 is 2.31 bits per heavy atom. The van der Waals surface area contributed by atoms with Gasteiger partial charge in [0.15, 0.2) is 0 Å². The number of aromatic amines is 1. The zero-order chi connectivity index (χ0) is 11.7. The molecule has 2 N–H and O–H groups in total. The number of ether oxygens (including phenoxy) is 1. The standard InChI is InChI=1S/C10H8N2O4/c11-3-5-8(10(14)15)6-4-16-2-1-7(6)12-9(5)13/h1-2,4H2,(H,12,13)(H,14,15). The van der Waals surface area contributed by atoms with Crippen LogP contribution in [0.15, 0.2) is 4.79 Å². The van der Waals surface area contributed by atoms with Gasteiger partial charge in [-0.2, -0.15) is 5.26 Å². The molecule has 16 heavy (non-hydrogen) atoms. The maximum atomic E-state index is 11.5. The quantitative estimate of drug-likeness (QED) is 0.694. The summed E-state index contributed by atoms with van der Waals surface area (Å²) in [6.45, 7) is 0.552. The topological polar surface area (TPSA) is 103 Å². The summed E-state index contributed by atoms with van der Waals surface area (Å²) in [4.78, 5) is 25.0. The van der Waals surface area contributed by atoms with Crippen LogP contribution in [0.2, 0.25) is 0 Å². The van der Waals surface area contributed by atoms with Crippen LogP contribution in [0.4, 0.5) is 0 Å². The van der Waals surface area contributed by atoms with Crippen LogP contribution in [0.25, 0.3) is 0 Å². The van der Waals surface area contributed by atoms with E-state index < -0.39 is 11.5 Å². The first-order valence-corrected chi connectivity index (χ1v) is 4.64. The number of hydrogen-bond donors (Lipinski definition) is 2. The van der Waals surface area contributed by atoms with E-state index in [1.54, 1.807) is 6.07 Å². The predicted octanol–water partition coefficient (Wildman–Crippen LogP) is 0.0175. The second-order valence-electron chi connectivity index (χ2n) is 3.38. The number of fused-ring (bicyclic) bond motifs is 1. The summed E-state index contributed by atoms with van der Waals surface area (Å²) in [6.07, 6.45) is 0.455. The third kappa shape index (κ3) is 1.47. The molecule has 0 aromatic carbocycles. The number of carboxylic acid groups (broad SMARTS) is 1. The number of pyridine rings is 1. The minimum Gasteiger partial charge on any atom is -0.478 e. The maximum absolute atomic E-state index is 11.5. The molecule has 0 amide bonds. The lowest BCUT2D eigenvalue weighted by Gasteiger charge is -2.18. The largest absolute Gasteiger partial charge is 0.478 e. The second-order valence-corrected chi connectivity index (χ2v) is 3.38. The van der Waals surface area contributed by atoms with E-state index in [4.69, 9.17) is 15.1 Å². The molecule has 0 fully saturated rings. The lowest BCUT2D eigenvalue weighted by atomic mass is 9.99. The molecule has 6 heteroatoms. The van der Waals surface area contributed by atoms with Crippen molar-refractivity contribution in [1.82, 2.24) is 4.98 Å². The van der Waals surface area contributed by atoms with Gasteiger partial charge >= 0.3 is 5.97 Å². The molecule has 2 heterocycles. The average molecular weight is 220 g/mol. The molecule has 0 bridgehead atoms. The zero-order valence-electron chi connectivity index (χ0n) is 8.24. The molecule has 1 aromatic rings. The molecular formula is C10H8N2O4. The van der Waals surface area contributed by atoms with Crippen LogP contribution in [-0.4, -0.2) is 22.7 Å². The predicted molar refractivity (Wildman–Crippen MR) is 52.1 cm³/mol. The molecular weight excluding hydrogens is 212 g/mol. The Morgan fingerprint density at radius 3 is 2.94 bits per heavy atom. The molecule has 0 atom stereocenters. The Labute approximate surface area is 90.1 Å². The summed E-state index contributed by atoms with van der Waals surface area (Å²) in [5, 5.41) is 17.8. The van der Waals surface area contributed by atoms with Gasteiger partial charge in [-0.3, -0.25) is 4.79 Å². The Balaban J connectivity index is 2.80. The Bertz CT molecular complexity index is 553. The fraction of sp³-hybridized carbons (Fsp3) is 0.300. The van der Waals surface area contributed by atoms with Crippen LogP contribution in [0.1, 0.15) is 27.2 Å². The first kappa shape index (κ1) is 10.4. The van der Waals surface area contributed by atoms with Crippen molar-refractivity contribution in [3.05, 3.63) is 32.7 Å². The van der Waals surface area contributed by atoms with Gasteiger partial charge in [0.2, 0.25) is 0 Å². The van der Waals surface area contributed by atoms with Gasteiger partial charge in [0.05, 0.1) is 18.8 Å². The first-order valence-electron chi connectivity index (χ1n) is 4.64. The van der Waals surface area contributed by atoms with E-state index in [9.17, 15) is 9.59 Å². The number of carboxylic acids is 1. The van der Waals surface area contributed by atoms with Crippen molar-refractivity contribution in [2.45, 2.75) is 13.0 Å². The molecule has 6 nitrogen and oxygen atoms in total. The smallest absolute Gasteiger partial charge is 0.337 e. The van der Waals surface area contributed by atoms with Crippen molar-refractivity contribution in [1.29, 1.82) is 5.26 Å². The highest BCUT2D eigenvalue weighted by molar-refractivity contribution is 5.92. The summed E-state index contributed by atoms with van der Waals surface area (Å²) < 4.78 is 5.13. The number of H-pyrrole nitrogens is 1. The number of nitrogens with one attached hydrogen (secondary N) is 1. The Kier molecular flexibility index (Phi) is 2.46. The molecule has 0 spiro atoms. The number of carbonyl (C=O) groups is 1. The summed E-state index contributed by atoms with van der Waals surface area (Å²) in [5.41, 5.74) is -0.305. The summed E-state index contributed by atoms with van der Waals surface area (Å²) in [5.74, 6) is -1.27. The summed E-state index contributed by atoms with van der Waals surface area (Å²) in [6, 6.07) is 1.62. The Hall–Kier alpha value is -2.13. The van der Waals surface area contributed by atoms with Gasteiger partial charge in [-0.25, -0.2) is 4.79 Å². The number of rotatable bonds is 1. The van der Waals surface area contributed by atoms with Gasteiger partial charge in [0.1, 0.15) is 11.6 Å². The lowest BCUT2D eigenvalue weighted by Crippen LogP contribution is -2.25. The number of aromatic carboxylic acids is 1. The van der Waals surface area contributed by atoms with Gasteiger partial charge in [0.25, 0.3) is 5.56 Å². The monoisotopic (exact) mass is 220 g/mol. The fourth-order valence-electron chi connectivity index (χ4n) is 1.75.